The van der Waals surface area contributed by atoms with Gasteiger partial charge in [0.1, 0.15) is 0 Å². The Balaban J connectivity index is 3.99. The zero-order valence-corrected chi connectivity index (χ0v) is 9.43. The first kappa shape index (κ1) is 12.0. The van der Waals surface area contributed by atoms with Crippen LogP contribution < -0.4 is 5.73 Å². The lowest BCUT2D eigenvalue weighted by atomic mass is 9.77. The third-order valence-corrected chi connectivity index (χ3v) is 3.72. The van der Waals surface area contributed by atoms with Gasteiger partial charge in [-0.2, -0.15) is 0 Å². The van der Waals surface area contributed by atoms with E-state index in [1.54, 1.807) is 0 Å². The molecule has 0 aliphatic carbocycles. The lowest BCUT2D eigenvalue weighted by Crippen LogP contribution is -2.54. The minimum Gasteiger partial charge on any atom is -0.357 e. The molecule has 0 heterocycles. The molecule has 0 amide bonds. The first-order chi connectivity index (χ1) is 5.54. The molecule has 0 fully saturated rings. The van der Waals surface area contributed by atoms with E-state index in [0.29, 0.717) is 0 Å². The molecule has 0 aliphatic rings. The molecule has 0 saturated heterocycles. The lowest BCUT2D eigenvalue weighted by molar-refractivity contribution is -0.381. The summed E-state index contributed by atoms with van der Waals surface area (Å²) in [6, 6.07) is 0. The van der Waals surface area contributed by atoms with Crippen LogP contribution in [-0.2, 0) is 0 Å². The van der Waals surface area contributed by atoms with Crippen LogP contribution in [0.15, 0.2) is 0 Å². The van der Waals surface area contributed by atoms with E-state index < -0.39 is 0 Å². The summed E-state index contributed by atoms with van der Waals surface area (Å²) in [5.74, 6) is 3.28. The van der Waals surface area contributed by atoms with Gasteiger partial charge >= 0.3 is 0 Å². The third kappa shape index (κ3) is 3.14. The number of hydrogen-bond donors (Lipinski definition) is 1. The van der Waals surface area contributed by atoms with Gasteiger partial charge in [0.2, 0.25) is 0 Å². The molecule has 0 aliphatic heterocycles. The van der Waals surface area contributed by atoms with Gasteiger partial charge < -0.3 is 5.73 Å². The maximum Gasteiger partial charge on any atom is 0.0768 e. The van der Waals surface area contributed by atoms with Gasteiger partial charge in [-0.05, 0) is 17.8 Å². The maximum absolute atomic E-state index is 3.97. The average Bonchev–Trinajstić information content (AvgIpc) is 2.12. The fourth-order valence-electron chi connectivity index (χ4n) is 1.67. The van der Waals surface area contributed by atoms with Crippen LogP contribution in [0.5, 0.6) is 0 Å². The molecule has 1 nitrogen and oxygen atoms in total. The Morgan fingerprint density at radius 3 is 1.67 bits per heavy atom. The summed E-state index contributed by atoms with van der Waals surface area (Å²) in [5, 5.41) is 0. The standard InChI is InChI=1S/C11H25N/c1-6-8(2)10(4)11(5)9(3)7-12/h8-11H,6-7,12H2,1-5H3/p+1/t8-,9+,10-,11-/m0/s1. The predicted octanol–water partition coefficient (Wildman–Crippen LogP) is 2.18. The molecule has 0 aromatic rings. The minimum atomic E-state index is 0.772. The largest absolute Gasteiger partial charge is 0.357 e. The Hall–Kier alpha value is -0.0400. The minimum absolute atomic E-state index is 0.772. The van der Waals surface area contributed by atoms with Crippen LogP contribution in [-0.4, -0.2) is 6.54 Å². The second kappa shape index (κ2) is 5.58. The van der Waals surface area contributed by atoms with E-state index in [0.717, 1.165) is 30.2 Å². The van der Waals surface area contributed by atoms with Gasteiger partial charge in [0.15, 0.2) is 0 Å². The fraction of sp³-hybridized carbons (Fsp3) is 1.00. The van der Waals surface area contributed by atoms with E-state index in [4.69, 9.17) is 0 Å². The molecule has 0 bridgehead atoms. The highest BCUT2D eigenvalue weighted by molar-refractivity contribution is 4.70. The Bertz CT molecular complexity index is 97.6. The normalized spacial score (nSPS) is 21.5. The van der Waals surface area contributed by atoms with Crippen LogP contribution in [0, 0.1) is 23.7 Å². The number of rotatable bonds is 5. The summed E-state index contributed by atoms with van der Waals surface area (Å²) in [6.07, 6.45) is 1.30. The first-order valence-electron chi connectivity index (χ1n) is 5.33. The van der Waals surface area contributed by atoms with E-state index in [2.05, 4.69) is 40.4 Å². The molecule has 12 heavy (non-hydrogen) atoms. The maximum atomic E-state index is 3.97. The van der Waals surface area contributed by atoms with Gasteiger partial charge in [-0.1, -0.05) is 41.0 Å². The van der Waals surface area contributed by atoms with Crippen molar-refractivity contribution in [2.45, 2.75) is 41.0 Å². The molecule has 3 N–H and O–H groups in total. The van der Waals surface area contributed by atoms with Crippen molar-refractivity contribution in [3.05, 3.63) is 0 Å². The molecule has 0 saturated carbocycles. The van der Waals surface area contributed by atoms with Crippen LogP contribution in [0.4, 0.5) is 0 Å². The molecular weight excluding hydrogens is 146 g/mol. The van der Waals surface area contributed by atoms with E-state index in [1.807, 2.05) is 0 Å². The predicted molar refractivity (Wildman–Crippen MR) is 54.7 cm³/mol. The van der Waals surface area contributed by atoms with Crippen molar-refractivity contribution < 1.29 is 5.73 Å². The van der Waals surface area contributed by atoms with Crippen molar-refractivity contribution in [3.63, 3.8) is 0 Å². The van der Waals surface area contributed by atoms with Crippen molar-refractivity contribution >= 4 is 0 Å². The van der Waals surface area contributed by atoms with E-state index in [-0.39, 0.29) is 0 Å². The van der Waals surface area contributed by atoms with E-state index in [9.17, 15) is 0 Å². The van der Waals surface area contributed by atoms with Gasteiger partial charge in [-0.25, -0.2) is 0 Å². The van der Waals surface area contributed by atoms with E-state index in [1.165, 1.54) is 6.42 Å². The van der Waals surface area contributed by atoms with Crippen molar-refractivity contribution in [3.8, 4) is 0 Å². The SMILES string of the molecule is CC[C@H](C)[C@H](C)[C@@H](C)[C@H](C)C[NH3+]. The lowest BCUT2D eigenvalue weighted by Gasteiger charge is -2.28. The van der Waals surface area contributed by atoms with Gasteiger partial charge in [0, 0.05) is 5.92 Å². The molecule has 0 radical (unpaired) electrons. The van der Waals surface area contributed by atoms with Crippen LogP contribution >= 0.6 is 0 Å². The molecule has 0 rings (SSSR count). The second-order valence-corrected chi connectivity index (χ2v) is 4.37. The summed E-state index contributed by atoms with van der Waals surface area (Å²) < 4.78 is 0. The molecule has 0 aromatic heterocycles. The Kier molecular flexibility index (Phi) is 5.56. The second-order valence-electron chi connectivity index (χ2n) is 4.37. The summed E-state index contributed by atoms with van der Waals surface area (Å²) >= 11 is 0. The average molecular weight is 172 g/mol. The molecule has 0 spiro atoms. The molecule has 74 valence electrons. The van der Waals surface area contributed by atoms with Crippen LogP contribution in [0.25, 0.3) is 0 Å². The molecule has 4 atom stereocenters. The molecule has 0 aromatic carbocycles. The van der Waals surface area contributed by atoms with Gasteiger partial charge in [0.05, 0.1) is 6.54 Å². The quantitative estimate of drug-likeness (QED) is 0.658. The number of hydrogen-bond acceptors (Lipinski definition) is 0. The first-order valence-corrected chi connectivity index (χ1v) is 5.33. The Morgan fingerprint density at radius 1 is 0.917 bits per heavy atom. The van der Waals surface area contributed by atoms with Crippen molar-refractivity contribution in [1.29, 1.82) is 0 Å². The van der Waals surface area contributed by atoms with Crippen LogP contribution in [0.2, 0.25) is 0 Å². The van der Waals surface area contributed by atoms with Gasteiger partial charge in [-0.3, -0.25) is 0 Å². The van der Waals surface area contributed by atoms with Crippen molar-refractivity contribution in [2.24, 2.45) is 23.7 Å². The zero-order chi connectivity index (χ0) is 9.72. The highest BCUT2D eigenvalue weighted by atomic mass is 14.5. The summed E-state index contributed by atoms with van der Waals surface area (Å²) in [7, 11) is 0. The summed E-state index contributed by atoms with van der Waals surface area (Å²) in [4.78, 5) is 0. The van der Waals surface area contributed by atoms with Crippen LogP contribution in [0.3, 0.4) is 0 Å². The summed E-state index contributed by atoms with van der Waals surface area (Å²) in [6.45, 7) is 12.8. The highest BCUT2D eigenvalue weighted by Gasteiger charge is 2.22. The Morgan fingerprint density at radius 2 is 1.33 bits per heavy atom. The van der Waals surface area contributed by atoms with E-state index >= 15 is 0 Å². The fourth-order valence-corrected chi connectivity index (χ4v) is 1.67. The monoisotopic (exact) mass is 172 g/mol. The van der Waals surface area contributed by atoms with Gasteiger partial charge in [-0.15, -0.1) is 0 Å². The molecule has 1 heteroatoms. The molecular formula is C11H26N+. The topological polar surface area (TPSA) is 27.6 Å². The third-order valence-electron chi connectivity index (χ3n) is 3.72. The zero-order valence-electron chi connectivity index (χ0n) is 9.43. The highest BCUT2D eigenvalue weighted by Crippen LogP contribution is 2.27. The Labute approximate surface area is 77.7 Å². The smallest absolute Gasteiger partial charge is 0.0768 e. The van der Waals surface area contributed by atoms with Crippen LogP contribution in [0.1, 0.15) is 41.0 Å². The van der Waals surface area contributed by atoms with Crippen molar-refractivity contribution in [1.82, 2.24) is 0 Å². The number of quaternary nitrogens is 1. The van der Waals surface area contributed by atoms with Crippen molar-refractivity contribution in [2.75, 3.05) is 6.54 Å². The summed E-state index contributed by atoms with van der Waals surface area (Å²) in [5.41, 5.74) is 3.97. The van der Waals surface area contributed by atoms with Gasteiger partial charge in [0.25, 0.3) is 0 Å². The molecule has 0 unspecified atom stereocenters.